The van der Waals surface area contributed by atoms with Crippen LogP contribution in [0, 0.1) is 0 Å². The zero-order chi connectivity index (χ0) is 23.5. The van der Waals surface area contributed by atoms with Gasteiger partial charge in [-0.05, 0) is 43.9 Å². The maximum atomic E-state index is 11.9. The normalized spacial score (nSPS) is 16.3. The fraction of sp³-hybridized carbons (Fsp3) is 0.667. The molecule has 1 fully saturated rings. The fourth-order valence-corrected chi connectivity index (χ4v) is 4.55. The van der Waals surface area contributed by atoms with Crippen LogP contribution in [0.15, 0.2) is 18.2 Å². The summed E-state index contributed by atoms with van der Waals surface area (Å²) in [6.07, 6.45) is 8.04. The Morgan fingerprint density at radius 3 is 2.73 bits per heavy atom. The second kappa shape index (κ2) is 14.0. The molecule has 9 heteroatoms. The number of carbonyl (C=O) groups excluding carboxylic acids is 1. The van der Waals surface area contributed by atoms with Crippen LogP contribution in [0.25, 0.3) is 11.0 Å². The van der Waals surface area contributed by atoms with Crippen molar-refractivity contribution in [3.63, 3.8) is 0 Å². The molecule has 1 unspecified atom stereocenters. The van der Waals surface area contributed by atoms with Crippen LogP contribution < -0.4 is 10.4 Å². The van der Waals surface area contributed by atoms with Gasteiger partial charge < -0.3 is 14.2 Å². The number of alkyl halides is 2. The molecule has 1 aromatic heterocycles. The predicted octanol–water partition coefficient (Wildman–Crippen LogP) is 4.92. The summed E-state index contributed by atoms with van der Waals surface area (Å²) in [5.41, 5.74) is 5.75. The van der Waals surface area contributed by atoms with Crippen LogP contribution in [0.2, 0.25) is 0 Å². The van der Waals surface area contributed by atoms with Crippen LogP contribution in [0.5, 0.6) is 0 Å². The first kappa shape index (κ1) is 26.1. The minimum absolute atomic E-state index is 0.0762. The Kier molecular flexibility index (Phi) is 11.1. The molecular weight excluding hydrogens is 463 g/mol. The molecular formula is C24H36Cl2N4O3. The smallest absolute Gasteiger partial charge is 0.243 e. The van der Waals surface area contributed by atoms with Crippen LogP contribution in [-0.4, -0.2) is 53.2 Å². The number of nitrogens with one attached hydrogen (secondary N) is 1. The summed E-state index contributed by atoms with van der Waals surface area (Å²) in [7, 11) is 2.07. The third-order valence-corrected chi connectivity index (χ3v) is 6.37. The Hall–Kier alpha value is -1.54. The first-order valence-corrected chi connectivity index (χ1v) is 13.1. The first-order valence-electron chi connectivity index (χ1n) is 12.0. The number of imidazole rings is 1. The topological polar surface area (TPSA) is 68.6 Å². The Labute approximate surface area is 206 Å². The summed E-state index contributed by atoms with van der Waals surface area (Å²) in [6.45, 7) is 2.23. The Morgan fingerprint density at radius 2 is 2.00 bits per heavy atom. The Morgan fingerprint density at radius 1 is 1.21 bits per heavy atom. The highest BCUT2D eigenvalue weighted by Crippen LogP contribution is 2.23. The summed E-state index contributed by atoms with van der Waals surface area (Å²) < 4.78 is 7.61. The van der Waals surface area contributed by atoms with E-state index in [2.05, 4.69) is 40.2 Å². The average molecular weight is 499 g/mol. The van der Waals surface area contributed by atoms with E-state index in [0.717, 1.165) is 87.0 Å². The van der Waals surface area contributed by atoms with Crippen molar-refractivity contribution in [2.75, 3.05) is 36.4 Å². The van der Waals surface area contributed by atoms with Gasteiger partial charge in [-0.15, -0.1) is 23.2 Å². The number of aromatic nitrogens is 2. The number of aryl methyl sites for hydroxylation is 2. The molecule has 0 spiro atoms. The quantitative estimate of drug-likeness (QED) is 0.227. The molecule has 1 saturated heterocycles. The van der Waals surface area contributed by atoms with Crippen molar-refractivity contribution in [3.05, 3.63) is 24.0 Å². The lowest BCUT2D eigenvalue weighted by Crippen LogP contribution is -2.32. The second-order valence-electron chi connectivity index (χ2n) is 8.48. The number of halogens is 2. The van der Waals surface area contributed by atoms with Crippen LogP contribution in [0.3, 0.4) is 0 Å². The number of fused-ring (bicyclic) bond motifs is 1. The molecule has 7 nitrogen and oxygen atoms in total. The van der Waals surface area contributed by atoms with Gasteiger partial charge in [0.25, 0.3) is 0 Å². The molecule has 1 atom stereocenters. The van der Waals surface area contributed by atoms with Crippen LogP contribution in [0.1, 0.15) is 57.2 Å². The van der Waals surface area contributed by atoms with Crippen molar-refractivity contribution in [2.24, 2.45) is 7.05 Å². The summed E-state index contributed by atoms with van der Waals surface area (Å²) in [6, 6.07) is 6.36. The minimum Gasteiger partial charge on any atom is -0.369 e. The second-order valence-corrected chi connectivity index (χ2v) is 9.23. The van der Waals surface area contributed by atoms with Gasteiger partial charge in [0, 0.05) is 63.5 Å². The largest absolute Gasteiger partial charge is 0.369 e. The zero-order valence-corrected chi connectivity index (χ0v) is 21.0. The SMILES string of the molecule is Cn1c(CCCCCCC(=O)NOC2CCCCO2)nc2cc(N(CCCl)CCCl)ccc21. The van der Waals surface area contributed by atoms with Gasteiger partial charge in [0.15, 0.2) is 6.29 Å². The van der Waals surface area contributed by atoms with Crippen molar-refractivity contribution < 1.29 is 14.4 Å². The zero-order valence-electron chi connectivity index (χ0n) is 19.5. The lowest BCUT2D eigenvalue weighted by molar-refractivity contribution is -0.200. The van der Waals surface area contributed by atoms with Crippen LogP contribution in [-0.2, 0) is 27.8 Å². The number of rotatable bonds is 14. The van der Waals surface area contributed by atoms with Gasteiger partial charge >= 0.3 is 0 Å². The number of hydroxylamine groups is 1. The van der Waals surface area contributed by atoms with E-state index in [1.165, 1.54) is 0 Å². The maximum absolute atomic E-state index is 11.9. The van der Waals surface area contributed by atoms with Crippen molar-refractivity contribution in [2.45, 2.75) is 64.1 Å². The number of ether oxygens (including phenoxy) is 1. The van der Waals surface area contributed by atoms with E-state index in [4.69, 9.17) is 37.8 Å². The van der Waals surface area contributed by atoms with E-state index in [0.29, 0.717) is 24.8 Å². The van der Waals surface area contributed by atoms with Crippen LogP contribution in [0.4, 0.5) is 5.69 Å². The highest BCUT2D eigenvalue weighted by atomic mass is 35.5. The number of hydrogen-bond donors (Lipinski definition) is 1. The molecule has 2 aromatic rings. The lowest BCUT2D eigenvalue weighted by atomic mass is 10.1. The summed E-state index contributed by atoms with van der Waals surface area (Å²) in [4.78, 5) is 24.3. The number of hydrogen-bond acceptors (Lipinski definition) is 5. The molecule has 1 amide bonds. The molecule has 0 radical (unpaired) electrons. The lowest BCUT2D eigenvalue weighted by Gasteiger charge is -2.22. The van der Waals surface area contributed by atoms with Gasteiger partial charge in [-0.2, -0.15) is 0 Å². The van der Waals surface area contributed by atoms with Crippen molar-refractivity contribution in [3.8, 4) is 0 Å². The van der Waals surface area contributed by atoms with Crippen molar-refractivity contribution >= 4 is 45.8 Å². The van der Waals surface area contributed by atoms with E-state index in [1.807, 2.05) is 0 Å². The van der Waals surface area contributed by atoms with Gasteiger partial charge in [0.05, 0.1) is 11.0 Å². The van der Waals surface area contributed by atoms with E-state index in [-0.39, 0.29) is 12.2 Å². The van der Waals surface area contributed by atoms with Gasteiger partial charge in [0.1, 0.15) is 5.82 Å². The molecule has 184 valence electrons. The molecule has 0 bridgehead atoms. The molecule has 1 aliphatic heterocycles. The molecule has 0 aliphatic carbocycles. The standard InChI is InChI=1S/C24H36Cl2N4O3/c1-29-21-12-11-19(30(15-13-25)16-14-26)18-20(21)27-22(29)8-4-2-3-5-9-23(31)28-33-24-10-6-7-17-32-24/h11-12,18,24H,2-10,13-17H2,1H3,(H,28,31). The van der Waals surface area contributed by atoms with E-state index < -0.39 is 0 Å². The molecule has 2 heterocycles. The van der Waals surface area contributed by atoms with E-state index in [9.17, 15) is 4.79 Å². The van der Waals surface area contributed by atoms with Crippen LogP contribution >= 0.6 is 23.2 Å². The third-order valence-electron chi connectivity index (χ3n) is 6.03. The summed E-state index contributed by atoms with van der Waals surface area (Å²) >= 11 is 11.9. The molecule has 1 aromatic carbocycles. The van der Waals surface area contributed by atoms with Gasteiger partial charge in [0.2, 0.25) is 5.91 Å². The van der Waals surface area contributed by atoms with E-state index in [1.54, 1.807) is 0 Å². The number of nitrogens with zero attached hydrogens (tertiary/aromatic N) is 3. The van der Waals surface area contributed by atoms with Gasteiger partial charge in [-0.25, -0.2) is 15.3 Å². The van der Waals surface area contributed by atoms with Crippen molar-refractivity contribution in [1.82, 2.24) is 15.0 Å². The van der Waals surface area contributed by atoms with Crippen molar-refractivity contribution in [1.29, 1.82) is 0 Å². The molecule has 1 N–H and O–H groups in total. The highest BCUT2D eigenvalue weighted by molar-refractivity contribution is 6.18. The molecule has 0 saturated carbocycles. The monoisotopic (exact) mass is 498 g/mol. The van der Waals surface area contributed by atoms with E-state index >= 15 is 0 Å². The highest BCUT2D eigenvalue weighted by Gasteiger charge is 2.15. The predicted molar refractivity (Wildman–Crippen MR) is 134 cm³/mol. The summed E-state index contributed by atoms with van der Waals surface area (Å²) in [5.74, 6) is 2.13. The summed E-state index contributed by atoms with van der Waals surface area (Å²) in [5, 5.41) is 0. The van der Waals surface area contributed by atoms with Gasteiger partial charge in [-0.3, -0.25) is 4.79 Å². The van der Waals surface area contributed by atoms with Gasteiger partial charge in [-0.1, -0.05) is 12.8 Å². The fourth-order valence-electron chi connectivity index (χ4n) is 4.14. The Bertz CT molecular complexity index is 865. The maximum Gasteiger partial charge on any atom is 0.243 e. The Balaban J connectivity index is 1.39. The number of carbonyl (C=O) groups is 1. The minimum atomic E-state index is -0.296. The molecule has 33 heavy (non-hydrogen) atoms. The first-order chi connectivity index (χ1) is 16.1. The number of amides is 1. The molecule has 1 aliphatic rings. The number of unbranched alkanes of at least 4 members (excludes halogenated alkanes) is 3. The number of benzene rings is 1. The molecule has 3 rings (SSSR count). The number of anilines is 1. The average Bonchev–Trinajstić information content (AvgIpc) is 3.15. The third kappa shape index (κ3) is 8.02.